The lowest BCUT2D eigenvalue weighted by atomic mass is 10.2. The van der Waals surface area contributed by atoms with Gasteiger partial charge in [-0.25, -0.2) is 14.5 Å². The van der Waals surface area contributed by atoms with Gasteiger partial charge < -0.3 is 10.5 Å². The van der Waals surface area contributed by atoms with E-state index in [2.05, 4.69) is 10.4 Å². The van der Waals surface area contributed by atoms with Gasteiger partial charge in [-0.3, -0.25) is 4.79 Å². The number of carbonyl (C=O) groups is 1. The Hall–Kier alpha value is -2.37. The van der Waals surface area contributed by atoms with Crippen molar-refractivity contribution in [1.29, 1.82) is 0 Å². The third-order valence-corrected chi connectivity index (χ3v) is 2.23. The summed E-state index contributed by atoms with van der Waals surface area (Å²) >= 11 is 0. The van der Waals surface area contributed by atoms with Crippen LogP contribution in [0, 0.1) is 0 Å². The second kappa shape index (κ2) is 3.65. The number of nitrogens with one attached hydrogen (secondary N) is 1. The van der Waals surface area contributed by atoms with Gasteiger partial charge in [-0.2, -0.15) is 0 Å². The highest BCUT2D eigenvalue weighted by molar-refractivity contribution is 5.91. The minimum Gasteiger partial charge on any atom is -0.477 e. The molecule has 2 aromatic rings. The molecule has 0 radical (unpaired) electrons. The predicted octanol–water partition coefficient (Wildman–Crippen LogP) is 0.268. The number of rotatable bonds is 2. The molecule has 2 N–H and O–H groups in total. The highest BCUT2D eigenvalue weighted by atomic mass is 16.4. The van der Waals surface area contributed by atoms with Crippen LogP contribution in [-0.2, 0) is 0 Å². The van der Waals surface area contributed by atoms with E-state index in [0.717, 1.165) is 0 Å². The molecule has 0 fully saturated rings. The van der Waals surface area contributed by atoms with Crippen molar-refractivity contribution < 1.29 is 9.90 Å². The van der Waals surface area contributed by atoms with Gasteiger partial charge in [0.2, 0.25) is 5.43 Å². The first kappa shape index (κ1) is 10.2. The Morgan fingerprint density at radius 2 is 2.31 bits per heavy atom. The van der Waals surface area contributed by atoms with Gasteiger partial charge in [-0.05, 0) is 12.1 Å². The van der Waals surface area contributed by atoms with Crippen molar-refractivity contribution in [3.8, 4) is 0 Å². The second-order valence-corrected chi connectivity index (χ2v) is 3.15. The zero-order valence-corrected chi connectivity index (χ0v) is 8.47. The summed E-state index contributed by atoms with van der Waals surface area (Å²) in [5, 5.41) is 9.16. The molecular weight excluding hydrogens is 210 g/mol. The molecule has 82 valence electrons. The summed E-state index contributed by atoms with van der Waals surface area (Å²) in [7, 11) is 1.62. The second-order valence-electron chi connectivity index (χ2n) is 3.15. The molecule has 0 aliphatic carbocycles. The molecule has 6 heteroatoms. The number of carboxylic acids is 1. The van der Waals surface area contributed by atoms with Crippen LogP contribution in [0.4, 0.5) is 0 Å². The first-order valence-electron chi connectivity index (χ1n) is 4.56. The lowest BCUT2D eigenvalue weighted by Crippen LogP contribution is -2.22. The first-order valence-corrected chi connectivity index (χ1v) is 4.56. The lowest BCUT2D eigenvalue weighted by molar-refractivity contribution is 0.0695. The van der Waals surface area contributed by atoms with Crippen LogP contribution < -0.4 is 10.9 Å². The van der Waals surface area contributed by atoms with E-state index in [-0.39, 0.29) is 10.9 Å². The Morgan fingerprint density at radius 1 is 1.56 bits per heavy atom. The Bertz CT molecular complexity index is 618. The summed E-state index contributed by atoms with van der Waals surface area (Å²) in [6, 6.07) is 3.14. The third-order valence-electron chi connectivity index (χ3n) is 2.23. The van der Waals surface area contributed by atoms with Crippen LogP contribution in [0.3, 0.4) is 0 Å². The van der Waals surface area contributed by atoms with Gasteiger partial charge in [0.25, 0.3) is 0 Å². The minimum absolute atomic E-state index is 0.275. The maximum atomic E-state index is 11.8. The number of fused-ring (bicyclic) bond motifs is 1. The van der Waals surface area contributed by atoms with Crippen LogP contribution in [0.2, 0.25) is 0 Å². The van der Waals surface area contributed by atoms with Crippen molar-refractivity contribution in [1.82, 2.24) is 9.66 Å². The molecule has 16 heavy (non-hydrogen) atoms. The summed E-state index contributed by atoms with van der Waals surface area (Å²) in [5.74, 6) is -1.25. The van der Waals surface area contributed by atoms with Crippen LogP contribution >= 0.6 is 0 Å². The van der Waals surface area contributed by atoms with Crippen LogP contribution in [0.25, 0.3) is 11.0 Å². The number of hydrogen-bond acceptors (Lipinski definition) is 4. The van der Waals surface area contributed by atoms with E-state index in [0.29, 0.717) is 5.65 Å². The van der Waals surface area contributed by atoms with E-state index >= 15 is 0 Å². The molecule has 2 rings (SSSR count). The Kier molecular flexibility index (Phi) is 2.32. The molecule has 2 heterocycles. The number of hydrogen-bond donors (Lipinski definition) is 2. The number of aromatic nitrogens is 2. The molecule has 0 amide bonds. The maximum absolute atomic E-state index is 11.8. The fourth-order valence-corrected chi connectivity index (χ4v) is 1.48. The van der Waals surface area contributed by atoms with E-state index in [1.54, 1.807) is 19.2 Å². The van der Waals surface area contributed by atoms with E-state index in [1.165, 1.54) is 17.1 Å². The van der Waals surface area contributed by atoms with Gasteiger partial charge >= 0.3 is 5.97 Å². The standard InChI is InChI=1S/C10H9N3O3/c1-11-13-5-7(10(15)16)8(14)6-3-2-4-12-9(6)13/h2-5,11H,1H3,(H,15,16). The molecule has 0 bridgehead atoms. The monoisotopic (exact) mass is 219 g/mol. The highest BCUT2D eigenvalue weighted by Gasteiger charge is 2.14. The molecule has 2 aromatic heterocycles. The Morgan fingerprint density at radius 3 is 2.94 bits per heavy atom. The molecule has 0 saturated heterocycles. The Balaban J connectivity index is 2.94. The van der Waals surface area contributed by atoms with Crippen LogP contribution in [0.1, 0.15) is 10.4 Å². The molecule has 0 aliphatic heterocycles. The van der Waals surface area contributed by atoms with Crippen molar-refractivity contribution in [2.45, 2.75) is 0 Å². The van der Waals surface area contributed by atoms with Gasteiger partial charge in [-0.15, -0.1) is 0 Å². The predicted molar refractivity (Wildman–Crippen MR) is 58.2 cm³/mol. The van der Waals surface area contributed by atoms with Crippen molar-refractivity contribution in [2.75, 3.05) is 12.5 Å². The SMILES string of the molecule is CNn1cc(C(=O)O)c(=O)c2cccnc21. The fourth-order valence-electron chi connectivity index (χ4n) is 1.48. The van der Waals surface area contributed by atoms with Crippen molar-refractivity contribution >= 4 is 17.0 Å². The average molecular weight is 219 g/mol. The van der Waals surface area contributed by atoms with Crippen LogP contribution in [-0.4, -0.2) is 27.8 Å². The van der Waals surface area contributed by atoms with E-state index in [1.807, 2.05) is 0 Å². The van der Waals surface area contributed by atoms with Crippen LogP contribution in [0.5, 0.6) is 0 Å². The van der Waals surface area contributed by atoms with E-state index < -0.39 is 11.4 Å². The van der Waals surface area contributed by atoms with Crippen molar-refractivity contribution in [3.63, 3.8) is 0 Å². The summed E-state index contributed by atoms with van der Waals surface area (Å²) in [5.41, 5.74) is 2.34. The molecule has 0 unspecified atom stereocenters. The summed E-state index contributed by atoms with van der Waals surface area (Å²) in [4.78, 5) is 26.7. The van der Waals surface area contributed by atoms with Crippen LogP contribution in [0.15, 0.2) is 29.3 Å². The summed E-state index contributed by atoms with van der Waals surface area (Å²) in [6.07, 6.45) is 2.76. The van der Waals surface area contributed by atoms with Gasteiger partial charge in [0.05, 0.1) is 5.39 Å². The molecule has 0 saturated carbocycles. The molecule has 0 atom stereocenters. The van der Waals surface area contributed by atoms with Gasteiger partial charge in [-0.1, -0.05) is 0 Å². The fraction of sp³-hybridized carbons (Fsp3) is 0.100. The topological polar surface area (TPSA) is 84.2 Å². The maximum Gasteiger partial charge on any atom is 0.341 e. The van der Waals surface area contributed by atoms with Crippen molar-refractivity contribution in [3.05, 3.63) is 40.3 Å². The normalized spacial score (nSPS) is 10.3. The smallest absolute Gasteiger partial charge is 0.341 e. The van der Waals surface area contributed by atoms with E-state index in [4.69, 9.17) is 5.11 Å². The number of aromatic carboxylic acids is 1. The lowest BCUT2D eigenvalue weighted by Gasteiger charge is -2.09. The number of nitrogens with zero attached hydrogens (tertiary/aromatic N) is 2. The molecule has 6 nitrogen and oxygen atoms in total. The third kappa shape index (κ3) is 1.40. The first-order chi connectivity index (χ1) is 7.65. The molecular formula is C10H9N3O3. The largest absolute Gasteiger partial charge is 0.477 e. The average Bonchev–Trinajstić information content (AvgIpc) is 2.29. The van der Waals surface area contributed by atoms with Gasteiger partial charge in [0, 0.05) is 19.4 Å². The van der Waals surface area contributed by atoms with E-state index in [9.17, 15) is 9.59 Å². The summed E-state index contributed by atoms with van der Waals surface area (Å²) < 4.78 is 1.40. The Labute approximate surface area is 90.1 Å². The minimum atomic E-state index is -1.25. The van der Waals surface area contributed by atoms with Crippen molar-refractivity contribution in [2.24, 2.45) is 0 Å². The molecule has 0 aliphatic rings. The summed E-state index contributed by atoms with van der Waals surface area (Å²) in [6.45, 7) is 0. The number of carboxylic acid groups (broad SMARTS) is 1. The van der Waals surface area contributed by atoms with Gasteiger partial charge in [0.1, 0.15) is 5.56 Å². The van der Waals surface area contributed by atoms with Gasteiger partial charge in [0.15, 0.2) is 5.65 Å². The quantitative estimate of drug-likeness (QED) is 0.757. The molecule has 0 aromatic carbocycles. The highest BCUT2D eigenvalue weighted by Crippen LogP contribution is 2.06. The zero-order chi connectivity index (χ0) is 11.7. The number of pyridine rings is 2. The zero-order valence-electron chi connectivity index (χ0n) is 8.47. The molecule has 0 spiro atoms.